The first-order valence-corrected chi connectivity index (χ1v) is 6.45. The lowest BCUT2D eigenvalue weighted by Gasteiger charge is -2.34. The van der Waals surface area contributed by atoms with Crippen LogP contribution in [0.3, 0.4) is 0 Å². The van der Waals surface area contributed by atoms with Gasteiger partial charge in [-0.1, -0.05) is 12.1 Å². The van der Waals surface area contributed by atoms with Gasteiger partial charge in [0.1, 0.15) is 5.75 Å². The van der Waals surface area contributed by atoms with Crippen molar-refractivity contribution in [3.05, 3.63) is 29.3 Å². The Morgan fingerprint density at radius 2 is 2.14 bits per heavy atom. The predicted molar refractivity (Wildman–Crippen MR) is 69.4 cm³/mol. The number of amides is 1. The third-order valence-electron chi connectivity index (χ3n) is 3.37. The molecule has 1 heterocycles. The summed E-state index contributed by atoms with van der Waals surface area (Å²) in [5.41, 5.74) is 1.02. The third kappa shape index (κ3) is 3.29. The summed E-state index contributed by atoms with van der Waals surface area (Å²) in [6.07, 6.45) is -6.42. The van der Waals surface area contributed by atoms with Crippen LogP contribution in [0, 0.1) is 6.92 Å². The van der Waals surface area contributed by atoms with E-state index in [-0.39, 0.29) is 18.7 Å². The molecule has 0 N–H and O–H groups in total. The number of rotatable bonds is 2. The molecular formula is C14H16F3NO3. The van der Waals surface area contributed by atoms with E-state index in [1.165, 1.54) is 7.11 Å². The number of halogens is 3. The molecular weight excluding hydrogens is 287 g/mol. The van der Waals surface area contributed by atoms with Crippen LogP contribution in [0.5, 0.6) is 5.75 Å². The molecule has 1 saturated heterocycles. The number of methoxy groups -OCH3 is 1. The minimum absolute atomic E-state index is 0.127. The number of benzene rings is 1. The first-order valence-electron chi connectivity index (χ1n) is 6.45. The van der Waals surface area contributed by atoms with E-state index in [9.17, 15) is 18.0 Å². The van der Waals surface area contributed by atoms with Crippen molar-refractivity contribution in [2.45, 2.75) is 19.2 Å². The van der Waals surface area contributed by atoms with E-state index in [0.717, 1.165) is 10.5 Å². The van der Waals surface area contributed by atoms with Gasteiger partial charge in [-0.2, -0.15) is 13.2 Å². The van der Waals surface area contributed by atoms with Gasteiger partial charge in [-0.15, -0.1) is 0 Å². The Bertz CT molecular complexity index is 531. The van der Waals surface area contributed by atoms with Crippen LogP contribution in [-0.2, 0) is 4.74 Å². The van der Waals surface area contributed by atoms with E-state index in [1.54, 1.807) is 25.1 Å². The predicted octanol–water partition coefficient (Wildman–Crippen LogP) is 2.41. The largest absolute Gasteiger partial charge is 0.496 e. The average molecular weight is 303 g/mol. The highest BCUT2D eigenvalue weighted by Gasteiger charge is 2.44. The van der Waals surface area contributed by atoms with Crippen LogP contribution in [-0.4, -0.2) is 49.9 Å². The molecule has 0 spiro atoms. The highest BCUT2D eigenvalue weighted by Crippen LogP contribution is 2.28. The Hall–Kier alpha value is -1.76. The maximum absolute atomic E-state index is 12.7. The summed E-state index contributed by atoms with van der Waals surface area (Å²) < 4.78 is 48.0. The van der Waals surface area contributed by atoms with Crippen LogP contribution in [0.15, 0.2) is 18.2 Å². The van der Waals surface area contributed by atoms with Crippen molar-refractivity contribution < 1.29 is 27.4 Å². The lowest BCUT2D eigenvalue weighted by molar-refractivity contribution is -0.233. The van der Waals surface area contributed by atoms with E-state index in [0.29, 0.717) is 5.75 Å². The summed E-state index contributed by atoms with van der Waals surface area (Å²) in [5, 5.41) is 0. The molecule has 0 bridgehead atoms. The van der Waals surface area contributed by atoms with Gasteiger partial charge in [-0.05, 0) is 18.6 Å². The lowest BCUT2D eigenvalue weighted by atomic mass is 10.1. The number of carbonyl (C=O) groups excluding carboxylic acids is 1. The number of morpholine rings is 1. The van der Waals surface area contributed by atoms with Crippen LogP contribution in [0.1, 0.15) is 15.9 Å². The van der Waals surface area contributed by atoms with Crippen molar-refractivity contribution in [1.29, 1.82) is 0 Å². The maximum Gasteiger partial charge on any atom is 0.416 e. The molecule has 116 valence electrons. The molecule has 1 aliphatic rings. The summed E-state index contributed by atoms with van der Waals surface area (Å²) in [7, 11) is 1.43. The van der Waals surface area contributed by atoms with E-state index in [1.807, 2.05) is 0 Å². The Labute approximate surface area is 120 Å². The average Bonchev–Trinajstić information content (AvgIpc) is 2.45. The molecule has 1 atom stereocenters. The van der Waals surface area contributed by atoms with Crippen molar-refractivity contribution in [1.82, 2.24) is 4.90 Å². The van der Waals surface area contributed by atoms with E-state index in [2.05, 4.69) is 4.74 Å². The van der Waals surface area contributed by atoms with Gasteiger partial charge < -0.3 is 14.4 Å². The van der Waals surface area contributed by atoms with Gasteiger partial charge in [-0.3, -0.25) is 4.79 Å². The van der Waals surface area contributed by atoms with Crippen molar-refractivity contribution >= 4 is 5.91 Å². The molecule has 21 heavy (non-hydrogen) atoms. The van der Waals surface area contributed by atoms with E-state index in [4.69, 9.17) is 4.74 Å². The number of carbonyl (C=O) groups is 1. The molecule has 2 rings (SSSR count). The highest BCUT2D eigenvalue weighted by molar-refractivity contribution is 5.97. The molecule has 4 nitrogen and oxygen atoms in total. The summed E-state index contributed by atoms with van der Waals surface area (Å²) >= 11 is 0. The van der Waals surface area contributed by atoms with Crippen LogP contribution in [0.4, 0.5) is 13.2 Å². The second-order valence-corrected chi connectivity index (χ2v) is 4.81. The maximum atomic E-state index is 12.7. The number of alkyl halides is 3. The number of ether oxygens (including phenoxy) is 2. The summed E-state index contributed by atoms with van der Waals surface area (Å²) in [4.78, 5) is 13.6. The van der Waals surface area contributed by atoms with Gasteiger partial charge in [0.2, 0.25) is 0 Å². The van der Waals surface area contributed by atoms with Crippen LogP contribution >= 0.6 is 0 Å². The zero-order valence-corrected chi connectivity index (χ0v) is 11.7. The minimum Gasteiger partial charge on any atom is -0.496 e. The number of nitrogens with zero attached hydrogens (tertiary/aromatic N) is 1. The molecule has 7 heteroatoms. The standard InChI is InChI=1S/C14H16F3NO3/c1-9-4-3-5-10(12(9)20-2)13(19)18-6-7-21-11(8-18)14(15,16)17/h3-5,11H,6-8H2,1-2H3/t11-/m1/s1. The number of para-hydroxylation sites is 1. The number of aryl methyl sites for hydroxylation is 1. The first-order chi connectivity index (χ1) is 9.84. The van der Waals surface area contributed by atoms with Crippen LogP contribution < -0.4 is 4.74 Å². The molecule has 1 fully saturated rings. The minimum atomic E-state index is -4.48. The Morgan fingerprint density at radius 3 is 2.76 bits per heavy atom. The Kier molecular flexibility index (Phi) is 4.41. The lowest BCUT2D eigenvalue weighted by Crippen LogP contribution is -2.51. The monoisotopic (exact) mass is 303 g/mol. The van der Waals surface area contributed by atoms with Gasteiger partial charge >= 0.3 is 6.18 Å². The SMILES string of the molecule is COc1c(C)cccc1C(=O)N1CCO[C@@H](C(F)(F)F)C1. The normalized spacial score (nSPS) is 19.5. The third-order valence-corrected chi connectivity index (χ3v) is 3.37. The van der Waals surface area contributed by atoms with Crippen molar-refractivity contribution in [3.8, 4) is 5.75 Å². The Morgan fingerprint density at radius 1 is 1.43 bits per heavy atom. The second-order valence-electron chi connectivity index (χ2n) is 4.81. The van der Waals surface area contributed by atoms with Crippen molar-refractivity contribution in [3.63, 3.8) is 0 Å². The zero-order valence-electron chi connectivity index (χ0n) is 11.7. The molecule has 0 saturated carbocycles. The molecule has 0 radical (unpaired) electrons. The molecule has 0 aliphatic carbocycles. The second kappa shape index (κ2) is 5.93. The zero-order chi connectivity index (χ0) is 15.6. The molecule has 0 aromatic heterocycles. The number of hydrogen-bond donors (Lipinski definition) is 0. The number of hydrogen-bond acceptors (Lipinski definition) is 3. The fraction of sp³-hybridized carbons (Fsp3) is 0.500. The first kappa shape index (κ1) is 15.6. The van der Waals surface area contributed by atoms with Crippen molar-refractivity contribution in [2.75, 3.05) is 26.8 Å². The fourth-order valence-corrected chi connectivity index (χ4v) is 2.29. The molecule has 0 unspecified atom stereocenters. The van der Waals surface area contributed by atoms with Gasteiger partial charge in [0.05, 0.1) is 25.8 Å². The van der Waals surface area contributed by atoms with Crippen molar-refractivity contribution in [2.24, 2.45) is 0 Å². The fourth-order valence-electron chi connectivity index (χ4n) is 2.29. The van der Waals surface area contributed by atoms with Gasteiger partial charge in [-0.25, -0.2) is 0 Å². The van der Waals surface area contributed by atoms with Crippen LogP contribution in [0.2, 0.25) is 0 Å². The summed E-state index contributed by atoms with van der Waals surface area (Å²) in [5.74, 6) is -0.0920. The highest BCUT2D eigenvalue weighted by atomic mass is 19.4. The van der Waals surface area contributed by atoms with E-state index >= 15 is 0 Å². The smallest absolute Gasteiger partial charge is 0.416 e. The van der Waals surface area contributed by atoms with Crippen LogP contribution in [0.25, 0.3) is 0 Å². The van der Waals surface area contributed by atoms with E-state index < -0.39 is 24.7 Å². The van der Waals surface area contributed by atoms with Gasteiger partial charge in [0, 0.05) is 6.54 Å². The molecule has 1 amide bonds. The quantitative estimate of drug-likeness (QED) is 0.842. The molecule has 1 aromatic carbocycles. The molecule has 1 aromatic rings. The van der Waals surface area contributed by atoms with Gasteiger partial charge in [0.25, 0.3) is 5.91 Å². The Balaban J connectivity index is 2.22. The van der Waals surface area contributed by atoms with Gasteiger partial charge in [0.15, 0.2) is 6.10 Å². The topological polar surface area (TPSA) is 38.8 Å². The summed E-state index contributed by atoms with van der Waals surface area (Å²) in [6.45, 7) is 1.26. The molecule has 1 aliphatic heterocycles. The summed E-state index contributed by atoms with van der Waals surface area (Å²) in [6, 6.07) is 4.99.